The summed E-state index contributed by atoms with van der Waals surface area (Å²) in [7, 11) is 0. The van der Waals surface area contributed by atoms with E-state index in [1.54, 1.807) is 6.92 Å². The lowest BCUT2D eigenvalue weighted by Gasteiger charge is -2.27. The van der Waals surface area contributed by atoms with E-state index in [0.717, 1.165) is 45.4 Å². The molecule has 0 radical (unpaired) electrons. The third-order valence-corrected chi connectivity index (χ3v) is 3.57. The van der Waals surface area contributed by atoms with Crippen molar-refractivity contribution in [1.82, 2.24) is 9.80 Å². The zero-order valence-corrected chi connectivity index (χ0v) is 19.8. The van der Waals surface area contributed by atoms with E-state index in [4.69, 9.17) is 4.79 Å². The van der Waals surface area contributed by atoms with Crippen molar-refractivity contribution in [2.24, 2.45) is 5.92 Å². The third kappa shape index (κ3) is 24.9. The molecule has 0 saturated carbocycles. The lowest BCUT2D eigenvalue weighted by Crippen LogP contribution is -2.40. The molecule has 0 heterocycles. The summed E-state index contributed by atoms with van der Waals surface area (Å²) in [5.41, 5.74) is 0. The van der Waals surface area contributed by atoms with Crippen molar-refractivity contribution in [3.63, 3.8) is 0 Å². The van der Waals surface area contributed by atoms with Crippen molar-refractivity contribution in [2.45, 2.75) is 81.6 Å². The number of carbonyl (C=O) groups excluding carboxylic acids is 3. The summed E-state index contributed by atoms with van der Waals surface area (Å²) in [6.07, 6.45) is 3.30. The third-order valence-electron chi connectivity index (χ3n) is 3.57. The molecule has 5 heteroatoms. The normalized spacial score (nSPS) is 9.63. The predicted octanol–water partition coefficient (Wildman–Crippen LogP) is 4.48. The first kappa shape index (κ1) is 33.5. The topological polar surface area (TPSA) is 57.7 Å². The van der Waals surface area contributed by atoms with Gasteiger partial charge in [-0.1, -0.05) is 61.8 Å². The van der Waals surface area contributed by atoms with Crippen molar-refractivity contribution in [3.8, 4) is 0 Å². The number of nitrogens with zero attached hydrogens (tertiary/aromatic N) is 2. The van der Waals surface area contributed by atoms with Crippen molar-refractivity contribution in [1.29, 1.82) is 0 Å². The number of hydrogen-bond donors (Lipinski definition) is 0. The molecule has 164 valence electrons. The Morgan fingerprint density at radius 1 is 0.778 bits per heavy atom. The minimum atomic E-state index is 0.0952. The molecule has 0 rings (SSSR count). The summed E-state index contributed by atoms with van der Waals surface area (Å²) in [4.78, 5) is 35.7. The molecular weight excluding hydrogens is 340 g/mol. The molecule has 0 aromatic heterocycles. The van der Waals surface area contributed by atoms with E-state index in [1.165, 1.54) is 0 Å². The standard InChI is InChI=1S/C17H34N2O2.2C2H6.CH2O/c1-6-8-10-19(13-16(5)20)12-11-18(9-7-2)14-17(21)15(3)4;3*1-2/h15H,6-14H2,1-5H3;2*1-2H3;1H2. The minimum Gasteiger partial charge on any atom is -0.307 e. The van der Waals surface area contributed by atoms with Crippen LogP contribution < -0.4 is 0 Å². The smallest absolute Gasteiger partial charge is 0.149 e. The Morgan fingerprint density at radius 2 is 1.22 bits per heavy atom. The molecule has 0 aromatic carbocycles. The van der Waals surface area contributed by atoms with Crippen LogP contribution in [0.1, 0.15) is 81.6 Å². The van der Waals surface area contributed by atoms with Gasteiger partial charge in [-0.3, -0.25) is 19.4 Å². The van der Waals surface area contributed by atoms with Crippen LogP contribution in [0.5, 0.6) is 0 Å². The van der Waals surface area contributed by atoms with Gasteiger partial charge in [-0.15, -0.1) is 0 Å². The summed E-state index contributed by atoms with van der Waals surface area (Å²) < 4.78 is 0. The van der Waals surface area contributed by atoms with Crippen molar-refractivity contribution < 1.29 is 14.4 Å². The second-order valence-corrected chi connectivity index (χ2v) is 6.23. The Morgan fingerprint density at radius 3 is 1.56 bits per heavy atom. The van der Waals surface area contributed by atoms with E-state index in [1.807, 2.05) is 48.3 Å². The molecule has 5 nitrogen and oxygen atoms in total. The molecule has 0 unspecified atom stereocenters. The maximum Gasteiger partial charge on any atom is 0.149 e. The van der Waals surface area contributed by atoms with Crippen LogP contribution in [0.3, 0.4) is 0 Å². The average molecular weight is 389 g/mol. The van der Waals surface area contributed by atoms with Gasteiger partial charge in [-0.2, -0.15) is 0 Å². The van der Waals surface area contributed by atoms with Gasteiger partial charge < -0.3 is 4.79 Å². The van der Waals surface area contributed by atoms with E-state index in [9.17, 15) is 9.59 Å². The molecule has 0 aliphatic carbocycles. The van der Waals surface area contributed by atoms with E-state index < -0.39 is 0 Å². The first-order chi connectivity index (χ1) is 12.9. The number of unbranched alkanes of at least 4 members (excludes halogenated alkanes) is 1. The highest BCUT2D eigenvalue weighted by atomic mass is 16.1. The second kappa shape index (κ2) is 27.2. The van der Waals surface area contributed by atoms with E-state index >= 15 is 0 Å². The molecule has 0 bridgehead atoms. The molecule has 27 heavy (non-hydrogen) atoms. The molecule has 0 aliphatic rings. The fraction of sp³-hybridized carbons (Fsp3) is 0.864. The van der Waals surface area contributed by atoms with E-state index in [-0.39, 0.29) is 11.7 Å². The van der Waals surface area contributed by atoms with Crippen molar-refractivity contribution in [3.05, 3.63) is 0 Å². The summed E-state index contributed by atoms with van der Waals surface area (Å²) in [6, 6.07) is 0. The Labute approximate surface area is 169 Å². The van der Waals surface area contributed by atoms with Crippen LogP contribution in [0.4, 0.5) is 0 Å². The van der Waals surface area contributed by atoms with Gasteiger partial charge in [0.05, 0.1) is 13.1 Å². The molecule has 0 amide bonds. The average Bonchev–Trinajstić information content (AvgIpc) is 2.68. The molecule has 0 N–H and O–H groups in total. The first-order valence-electron chi connectivity index (χ1n) is 10.7. The zero-order valence-electron chi connectivity index (χ0n) is 19.8. The Balaban J connectivity index is -0.000000397. The molecule has 0 spiro atoms. The van der Waals surface area contributed by atoms with Crippen LogP contribution in [0, 0.1) is 5.92 Å². The molecule has 0 fully saturated rings. The van der Waals surface area contributed by atoms with Crippen LogP contribution in [0.25, 0.3) is 0 Å². The highest BCUT2D eigenvalue weighted by Gasteiger charge is 2.15. The van der Waals surface area contributed by atoms with E-state index in [0.29, 0.717) is 18.9 Å². The Bertz CT molecular complexity index is 321. The molecule has 0 aliphatic heterocycles. The SMILES string of the molecule is C=O.CC.CC.CCCCN(CCN(CCC)CC(=O)C(C)C)CC(C)=O. The van der Waals surface area contributed by atoms with Crippen LogP contribution in [-0.4, -0.2) is 67.4 Å². The van der Waals surface area contributed by atoms with Crippen LogP contribution in [0.15, 0.2) is 0 Å². The van der Waals surface area contributed by atoms with Gasteiger partial charge in [-0.05, 0) is 32.9 Å². The molecular formula is C22H48N2O3. The van der Waals surface area contributed by atoms with Crippen LogP contribution >= 0.6 is 0 Å². The fourth-order valence-electron chi connectivity index (χ4n) is 2.24. The lowest BCUT2D eigenvalue weighted by molar-refractivity contribution is -0.123. The number of hydrogen-bond acceptors (Lipinski definition) is 5. The van der Waals surface area contributed by atoms with Gasteiger partial charge in [0.1, 0.15) is 18.4 Å². The fourth-order valence-corrected chi connectivity index (χ4v) is 2.24. The Hall–Kier alpha value is -1.07. The molecule has 0 atom stereocenters. The monoisotopic (exact) mass is 388 g/mol. The van der Waals surface area contributed by atoms with Gasteiger partial charge in [-0.25, -0.2) is 0 Å². The summed E-state index contributed by atoms with van der Waals surface area (Å²) >= 11 is 0. The highest BCUT2D eigenvalue weighted by molar-refractivity contribution is 5.82. The summed E-state index contributed by atoms with van der Waals surface area (Å²) in [6.45, 7) is 24.6. The van der Waals surface area contributed by atoms with Crippen LogP contribution in [0.2, 0.25) is 0 Å². The Kier molecular flexibility index (Phi) is 33.7. The largest absolute Gasteiger partial charge is 0.307 e. The summed E-state index contributed by atoms with van der Waals surface area (Å²) in [5, 5.41) is 0. The number of Topliss-reactive ketones (excluding diaryl/α,β-unsaturated/α-hetero) is 2. The predicted molar refractivity (Wildman–Crippen MR) is 118 cm³/mol. The zero-order chi connectivity index (χ0) is 22.3. The van der Waals surface area contributed by atoms with Crippen molar-refractivity contribution in [2.75, 3.05) is 39.3 Å². The van der Waals surface area contributed by atoms with Crippen LogP contribution in [-0.2, 0) is 14.4 Å². The second-order valence-electron chi connectivity index (χ2n) is 6.23. The van der Waals surface area contributed by atoms with Gasteiger partial charge in [0, 0.05) is 19.0 Å². The number of carbonyl (C=O) groups is 3. The quantitative estimate of drug-likeness (QED) is 0.465. The van der Waals surface area contributed by atoms with Gasteiger partial charge in [0.15, 0.2) is 0 Å². The van der Waals surface area contributed by atoms with Gasteiger partial charge in [0.2, 0.25) is 0 Å². The summed E-state index contributed by atoms with van der Waals surface area (Å²) in [5.74, 6) is 0.610. The molecule has 0 aromatic rings. The number of ketones is 2. The minimum absolute atomic E-state index is 0.0952. The maximum atomic E-state index is 11.9. The van der Waals surface area contributed by atoms with Crippen molar-refractivity contribution >= 4 is 18.4 Å². The van der Waals surface area contributed by atoms with Gasteiger partial charge in [0.25, 0.3) is 0 Å². The van der Waals surface area contributed by atoms with Gasteiger partial charge >= 0.3 is 0 Å². The number of rotatable bonds is 13. The lowest BCUT2D eigenvalue weighted by atomic mass is 10.1. The maximum absolute atomic E-state index is 11.9. The first-order valence-corrected chi connectivity index (χ1v) is 10.7. The molecule has 0 saturated heterocycles. The van der Waals surface area contributed by atoms with E-state index in [2.05, 4.69) is 23.6 Å². The highest BCUT2D eigenvalue weighted by Crippen LogP contribution is 2.02.